The topological polar surface area (TPSA) is 84.6 Å². The Labute approximate surface area is 167 Å². The molecule has 0 bridgehead atoms. The van der Waals surface area contributed by atoms with Gasteiger partial charge in [0.2, 0.25) is 0 Å². The van der Waals surface area contributed by atoms with E-state index in [1.54, 1.807) is 20.2 Å². The van der Waals surface area contributed by atoms with Gasteiger partial charge in [-0.05, 0) is 13.0 Å². The number of aromatic nitrogens is 3. The van der Waals surface area contributed by atoms with Crippen LogP contribution in [-0.2, 0) is 22.6 Å². The molecule has 0 radical (unpaired) electrons. The molecule has 8 heteroatoms. The molecule has 3 heterocycles. The summed E-state index contributed by atoms with van der Waals surface area (Å²) in [6.07, 6.45) is 2.37. The van der Waals surface area contributed by atoms with E-state index >= 15 is 0 Å². The number of pyridine rings is 1. The predicted molar refractivity (Wildman–Crippen MR) is 107 cm³/mol. The molecule has 0 saturated heterocycles. The average molecular weight is 397 g/mol. The fraction of sp³-hybridized carbons (Fsp3) is 0.381. The number of hydrogen-bond donors (Lipinski definition) is 0. The van der Waals surface area contributed by atoms with E-state index in [4.69, 9.17) is 19.3 Å². The van der Waals surface area contributed by atoms with Gasteiger partial charge in [0, 0.05) is 44.3 Å². The van der Waals surface area contributed by atoms with Gasteiger partial charge in [-0.1, -0.05) is 12.1 Å². The molecule has 1 aliphatic rings. The van der Waals surface area contributed by atoms with Crippen LogP contribution in [0.1, 0.15) is 23.7 Å². The molecule has 29 heavy (non-hydrogen) atoms. The zero-order chi connectivity index (χ0) is 20.4. The van der Waals surface area contributed by atoms with Crippen LogP contribution in [0.15, 0.2) is 35.3 Å². The molecule has 1 aromatic carbocycles. The Morgan fingerprint density at radius 2 is 2.10 bits per heavy atom. The van der Waals surface area contributed by atoms with Gasteiger partial charge in [-0.3, -0.25) is 9.48 Å². The second kappa shape index (κ2) is 8.08. The molecule has 0 atom stereocenters. The third-order valence-electron chi connectivity index (χ3n) is 4.90. The molecule has 0 aliphatic carbocycles. The molecule has 0 amide bonds. The molecule has 4 rings (SSSR count). The maximum absolute atomic E-state index is 12.6. The number of esters is 1. The molecule has 2 aromatic heterocycles. The van der Waals surface area contributed by atoms with Gasteiger partial charge in [0.15, 0.2) is 5.43 Å². The van der Waals surface area contributed by atoms with E-state index in [0.717, 1.165) is 28.7 Å². The number of methoxy groups -OCH3 is 1. The Kier molecular flexibility index (Phi) is 5.35. The molecule has 3 aromatic rings. The molecule has 8 nitrogen and oxygen atoms in total. The first-order chi connectivity index (χ1) is 14.1. The summed E-state index contributed by atoms with van der Waals surface area (Å²) in [5.41, 5.74) is 2.03. The number of benzene rings is 1. The monoisotopic (exact) mass is 397 g/mol. The summed E-state index contributed by atoms with van der Waals surface area (Å²) in [4.78, 5) is 24.6. The van der Waals surface area contributed by atoms with Crippen LogP contribution in [-0.4, -0.2) is 47.2 Å². The summed E-state index contributed by atoms with van der Waals surface area (Å²) in [7, 11) is 1.66. The van der Waals surface area contributed by atoms with Crippen molar-refractivity contribution in [2.24, 2.45) is 0 Å². The quantitative estimate of drug-likeness (QED) is 0.450. The fourth-order valence-electron chi connectivity index (χ4n) is 3.59. The molecule has 0 spiro atoms. The normalized spacial score (nSPS) is 12.5. The van der Waals surface area contributed by atoms with Crippen LogP contribution in [0, 0.1) is 0 Å². The maximum atomic E-state index is 12.6. The first kappa shape index (κ1) is 19.2. The van der Waals surface area contributed by atoms with Crippen molar-refractivity contribution in [1.82, 2.24) is 14.3 Å². The molecular weight excluding hydrogens is 374 g/mol. The van der Waals surface area contributed by atoms with Gasteiger partial charge in [-0.25, -0.2) is 4.79 Å². The number of hydrogen-bond acceptors (Lipinski definition) is 6. The van der Waals surface area contributed by atoms with Crippen LogP contribution in [0.4, 0.5) is 0 Å². The molecule has 0 N–H and O–H groups in total. The highest BCUT2D eigenvalue weighted by Gasteiger charge is 2.24. The lowest BCUT2D eigenvalue weighted by atomic mass is 10.1. The smallest absolute Gasteiger partial charge is 0.343 e. The summed E-state index contributed by atoms with van der Waals surface area (Å²) >= 11 is 0. The highest BCUT2D eigenvalue weighted by Crippen LogP contribution is 2.35. The lowest BCUT2D eigenvalue weighted by Crippen LogP contribution is -2.25. The van der Waals surface area contributed by atoms with Crippen LogP contribution in [0.3, 0.4) is 0 Å². The van der Waals surface area contributed by atoms with E-state index < -0.39 is 5.97 Å². The van der Waals surface area contributed by atoms with Gasteiger partial charge in [0.25, 0.3) is 0 Å². The van der Waals surface area contributed by atoms with E-state index in [1.807, 2.05) is 27.4 Å². The van der Waals surface area contributed by atoms with Crippen LogP contribution in [0.5, 0.6) is 5.75 Å². The van der Waals surface area contributed by atoms with Crippen molar-refractivity contribution in [1.29, 1.82) is 0 Å². The van der Waals surface area contributed by atoms with Gasteiger partial charge in [-0.2, -0.15) is 5.10 Å². The van der Waals surface area contributed by atoms with Crippen molar-refractivity contribution in [2.75, 3.05) is 26.9 Å². The van der Waals surface area contributed by atoms with Crippen LogP contribution < -0.4 is 10.2 Å². The summed E-state index contributed by atoms with van der Waals surface area (Å²) in [6.45, 7) is 4.35. The Hall–Kier alpha value is -3.13. The SMILES string of the molecule is CCOC(=O)c1cn2c(cc1=O)-c1c3cccc(OCCCOC)c3nn1CC2. The largest absolute Gasteiger partial charge is 0.491 e. The van der Waals surface area contributed by atoms with Crippen LogP contribution in [0.25, 0.3) is 22.3 Å². The number of ether oxygens (including phenoxy) is 3. The van der Waals surface area contributed by atoms with Gasteiger partial charge in [-0.15, -0.1) is 0 Å². The van der Waals surface area contributed by atoms with Gasteiger partial charge in [0.1, 0.15) is 16.8 Å². The Balaban J connectivity index is 1.76. The summed E-state index contributed by atoms with van der Waals surface area (Å²) < 4.78 is 19.8. The highest BCUT2D eigenvalue weighted by atomic mass is 16.5. The number of fused-ring (bicyclic) bond motifs is 5. The predicted octanol–water partition coefficient (Wildman–Crippen LogP) is 2.47. The maximum Gasteiger partial charge on any atom is 0.343 e. The molecule has 0 unspecified atom stereocenters. The van der Waals surface area contributed by atoms with Gasteiger partial charge in [0.05, 0.1) is 31.1 Å². The van der Waals surface area contributed by atoms with Crippen molar-refractivity contribution < 1.29 is 19.0 Å². The lowest BCUT2D eigenvalue weighted by Gasteiger charge is -2.21. The van der Waals surface area contributed by atoms with Crippen molar-refractivity contribution in [3.8, 4) is 17.1 Å². The van der Waals surface area contributed by atoms with Crippen LogP contribution >= 0.6 is 0 Å². The number of carbonyl (C=O) groups is 1. The number of carbonyl (C=O) groups excluding carboxylic acids is 1. The minimum Gasteiger partial charge on any atom is -0.491 e. The Morgan fingerprint density at radius 1 is 1.24 bits per heavy atom. The van der Waals surface area contributed by atoms with Gasteiger partial charge < -0.3 is 18.8 Å². The van der Waals surface area contributed by atoms with E-state index in [0.29, 0.717) is 32.1 Å². The van der Waals surface area contributed by atoms with E-state index in [9.17, 15) is 9.59 Å². The van der Waals surface area contributed by atoms with E-state index in [-0.39, 0.29) is 17.6 Å². The van der Waals surface area contributed by atoms with Crippen molar-refractivity contribution in [3.63, 3.8) is 0 Å². The lowest BCUT2D eigenvalue weighted by molar-refractivity contribution is 0.0523. The summed E-state index contributed by atoms with van der Waals surface area (Å²) in [5, 5.41) is 5.63. The molecule has 0 saturated carbocycles. The number of nitrogens with zero attached hydrogens (tertiary/aromatic N) is 3. The second-order valence-electron chi connectivity index (χ2n) is 6.77. The van der Waals surface area contributed by atoms with E-state index in [2.05, 4.69) is 0 Å². The molecule has 152 valence electrons. The van der Waals surface area contributed by atoms with Crippen LogP contribution in [0.2, 0.25) is 0 Å². The standard InChI is InChI=1S/C21H23N3O5/c1-3-28-21(26)15-13-23-8-9-24-20(16(23)12-17(15)25)14-6-4-7-18(19(14)22-24)29-11-5-10-27-2/h4,6-7,12-13H,3,5,8-11H2,1-2H3. The molecule has 0 fully saturated rings. The zero-order valence-corrected chi connectivity index (χ0v) is 16.5. The molecular formula is C21H23N3O5. The third-order valence-corrected chi connectivity index (χ3v) is 4.90. The van der Waals surface area contributed by atoms with Gasteiger partial charge >= 0.3 is 5.97 Å². The van der Waals surface area contributed by atoms with Crippen molar-refractivity contribution in [2.45, 2.75) is 26.4 Å². The zero-order valence-electron chi connectivity index (χ0n) is 16.5. The van der Waals surface area contributed by atoms with Crippen molar-refractivity contribution >= 4 is 16.9 Å². The highest BCUT2D eigenvalue weighted by molar-refractivity contribution is 5.96. The first-order valence-electron chi connectivity index (χ1n) is 9.67. The first-order valence-corrected chi connectivity index (χ1v) is 9.67. The molecule has 1 aliphatic heterocycles. The average Bonchev–Trinajstić information content (AvgIpc) is 3.11. The summed E-state index contributed by atoms with van der Waals surface area (Å²) in [6, 6.07) is 7.27. The minimum absolute atomic E-state index is 0.0510. The Bertz CT molecular complexity index is 1120. The van der Waals surface area contributed by atoms with E-state index in [1.165, 1.54) is 6.07 Å². The number of aryl methyl sites for hydroxylation is 2. The minimum atomic E-state index is -0.594. The fourth-order valence-corrected chi connectivity index (χ4v) is 3.59. The second-order valence-corrected chi connectivity index (χ2v) is 6.77. The summed E-state index contributed by atoms with van der Waals surface area (Å²) in [5.74, 6) is 0.112. The Morgan fingerprint density at radius 3 is 2.90 bits per heavy atom. The third kappa shape index (κ3) is 3.51. The van der Waals surface area contributed by atoms with Crippen molar-refractivity contribution in [3.05, 3.63) is 46.2 Å². The number of rotatable bonds is 7.